The molecule has 1 aliphatic heterocycles. The van der Waals surface area contributed by atoms with Gasteiger partial charge >= 0.3 is 6.09 Å². The normalized spacial score (nSPS) is 19.3. The maximum Gasteiger partial charge on any atom is 0.410 e. The first-order valence-electron chi connectivity index (χ1n) is 6.69. The molecule has 0 unspecified atom stereocenters. The second-order valence-corrected chi connectivity index (χ2v) is 4.79. The number of ether oxygens (including phenoxy) is 1. The Morgan fingerprint density at radius 3 is 2.79 bits per heavy atom. The number of hydrogen-bond acceptors (Lipinski definition) is 3. The highest BCUT2D eigenvalue weighted by atomic mass is 16.6. The zero-order valence-corrected chi connectivity index (χ0v) is 11.2. The van der Waals surface area contributed by atoms with Crippen LogP contribution in [0.4, 0.5) is 4.79 Å². The molecule has 1 fully saturated rings. The summed E-state index contributed by atoms with van der Waals surface area (Å²) in [5.74, 6) is 0.235. The molecule has 0 bridgehead atoms. The van der Waals surface area contributed by atoms with E-state index in [-0.39, 0.29) is 24.5 Å². The highest BCUT2D eigenvalue weighted by Crippen LogP contribution is 2.18. The molecule has 0 aliphatic carbocycles. The molecule has 0 radical (unpaired) electrons. The average molecular weight is 261 g/mol. The third-order valence-corrected chi connectivity index (χ3v) is 3.45. The summed E-state index contributed by atoms with van der Waals surface area (Å²) in [5, 5.41) is 0. The van der Waals surface area contributed by atoms with Gasteiger partial charge in [-0.15, -0.1) is 0 Å². The number of ketones is 1. The number of carbonyl (C=O) groups is 2. The molecule has 1 saturated heterocycles. The summed E-state index contributed by atoms with van der Waals surface area (Å²) >= 11 is 0. The van der Waals surface area contributed by atoms with Gasteiger partial charge in [-0.05, 0) is 12.0 Å². The van der Waals surface area contributed by atoms with Crippen LogP contribution in [0.15, 0.2) is 30.3 Å². The third-order valence-electron chi connectivity index (χ3n) is 3.45. The number of likely N-dealkylation sites (tertiary alicyclic amines) is 1. The van der Waals surface area contributed by atoms with Crippen LogP contribution in [0, 0.1) is 0 Å². The minimum absolute atomic E-state index is 0.00970. The van der Waals surface area contributed by atoms with E-state index in [0.717, 1.165) is 12.0 Å². The van der Waals surface area contributed by atoms with Crippen LogP contribution in [0.3, 0.4) is 0 Å². The lowest BCUT2D eigenvalue weighted by Crippen LogP contribution is -2.46. The van der Waals surface area contributed by atoms with E-state index < -0.39 is 0 Å². The van der Waals surface area contributed by atoms with Crippen molar-refractivity contribution in [3.63, 3.8) is 0 Å². The van der Waals surface area contributed by atoms with E-state index in [0.29, 0.717) is 19.4 Å². The van der Waals surface area contributed by atoms with Gasteiger partial charge in [-0.25, -0.2) is 4.79 Å². The molecule has 19 heavy (non-hydrogen) atoms. The van der Waals surface area contributed by atoms with E-state index in [1.54, 1.807) is 4.90 Å². The monoisotopic (exact) mass is 261 g/mol. The van der Waals surface area contributed by atoms with E-state index in [9.17, 15) is 9.59 Å². The Labute approximate surface area is 113 Å². The van der Waals surface area contributed by atoms with Gasteiger partial charge in [0.1, 0.15) is 12.4 Å². The summed E-state index contributed by atoms with van der Waals surface area (Å²) in [4.78, 5) is 25.1. The van der Waals surface area contributed by atoms with Crippen LogP contribution in [0.5, 0.6) is 0 Å². The number of Topliss-reactive ketones (excluding diaryl/α,β-unsaturated/α-hetero) is 1. The lowest BCUT2D eigenvalue weighted by atomic mass is 9.99. The molecule has 2 rings (SSSR count). The summed E-state index contributed by atoms with van der Waals surface area (Å²) in [7, 11) is 0. The number of piperidine rings is 1. The van der Waals surface area contributed by atoms with E-state index in [4.69, 9.17) is 4.74 Å². The highest BCUT2D eigenvalue weighted by molar-refractivity contribution is 5.82. The van der Waals surface area contributed by atoms with Gasteiger partial charge in [-0.1, -0.05) is 37.3 Å². The number of hydrogen-bond donors (Lipinski definition) is 0. The van der Waals surface area contributed by atoms with Gasteiger partial charge in [-0.2, -0.15) is 0 Å². The van der Waals surface area contributed by atoms with Gasteiger partial charge in [0.2, 0.25) is 0 Å². The minimum atomic E-state index is -0.316. The zero-order valence-electron chi connectivity index (χ0n) is 11.2. The molecule has 1 heterocycles. The standard InChI is InChI=1S/C15H19NO3/c1-2-13-10-14(17)8-9-16(13)15(18)19-11-12-6-4-3-5-7-12/h3-7,13H,2,8-11H2,1H3/t13-/m1/s1. The van der Waals surface area contributed by atoms with E-state index in [1.165, 1.54) is 0 Å². The van der Waals surface area contributed by atoms with Crippen molar-refractivity contribution in [2.45, 2.75) is 38.8 Å². The van der Waals surface area contributed by atoms with Gasteiger partial charge in [0.25, 0.3) is 0 Å². The summed E-state index contributed by atoms with van der Waals surface area (Å²) in [6, 6.07) is 9.59. The molecular weight excluding hydrogens is 242 g/mol. The van der Waals surface area contributed by atoms with Crippen LogP contribution in [0.2, 0.25) is 0 Å². The Morgan fingerprint density at radius 2 is 2.11 bits per heavy atom. The number of nitrogens with zero attached hydrogens (tertiary/aromatic N) is 1. The lowest BCUT2D eigenvalue weighted by Gasteiger charge is -2.33. The largest absolute Gasteiger partial charge is 0.445 e. The summed E-state index contributed by atoms with van der Waals surface area (Å²) in [6.07, 6.45) is 1.36. The molecule has 1 aromatic carbocycles. The van der Waals surface area contributed by atoms with Crippen LogP contribution in [0.25, 0.3) is 0 Å². The molecule has 1 atom stereocenters. The molecule has 0 spiro atoms. The van der Waals surface area contributed by atoms with Gasteiger partial charge in [0.05, 0.1) is 0 Å². The van der Waals surface area contributed by atoms with Crippen LogP contribution >= 0.6 is 0 Å². The summed E-state index contributed by atoms with van der Waals surface area (Å²) in [5.41, 5.74) is 0.969. The molecule has 0 saturated carbocycles. The molecule has 102 valence electrons. The zero-order chi connectivity index (χ0) is 13.7. The second-order valence-electron chi connectivity index (χ2n) is 4.79. The van der Waals surface area contributed by atoms with E-state index in [2.05, 4.69) is 0 Å². The lowest BCUT2D eigenvalue weighted by molar-refractivity contribution is -0.122. The molecular formula is C15H19NO3. The van der Waals surface area contributed by atoms with Crippen molar-refractivity contribution in [2.75, 3.05) is 6.54 Å². The van der Waals surface area contributed by atoms with Crippen molar-refractivity contribution in [3.05, 3.63) is 35.9 Å². The first-order valence-corrected chi connectivity index (χ1v) is 6.69. The Morgan fingerprint density at radius 1 is 1.37 bits per heavy atom. The smallest absolute Gasteiger partial charge is 0.410 e. The van der Waals surface area contributed by atoms with Crippen molar-refractivity contribution in [3.8, 4) is 0 Å². The van der Waals surface area contributed by atoms with Crippen LogP contribution in [0.1, 0.15) is 31.7 Å². The fourth-order valence-corrected chi connectivity index (χ4v) is 2.31. The fourth-order valence-electron chi connectivity index (χ4n) is 2.31. The van der Waals surface area contributed by atoms with Crippen LogP contribution < -0.4 is 0 Å². The van der Waals surface area contributed by atoms with Crippen LogP contribution in [-0.2, 0) is 16.1 Å². The summed E-state index contributed by atoms with van der Waals surface area (Å²) < 4.78 is 5.31. The van der Waals surface area contributed by atoms with Gasteiger partial charge in [0, 0.05) is 25.4 Å². The van der Waals surface area contributed by atoms with Gasteiger partial charge in [-0.3, -0.25) is 4.79 Å². The Balaban J connectivity index is 1.90. The molecule has 0 N–H and O–H groups in total. The predicted octanol–water partition coefficient (Wildman–Crippen LogP) is 2.77. The SMILES string of the molecule is CC[C@@H]1CC(=O)CCN1C(=O)OCc1ccccc1. The van der Waals surface area contributed by atoms with Gasteiger partial charge < -0.3 is 9.64 Å². The van der Waals surface area contributed by atoms with E-state index in [1.807, 2.05) is 37.3 Å². The first kappa shape index (κ1) is 13.6. The number of benzene rings is 1. The highest BCUT2D eigenvalue weighted by Gasteiger charge is 2.30. The topological polar surface area (TPSA) is 46.6 Å². The number of carbonyl (C=O) groups excluding carboxylic acids is 2. The maximum absolute atomic E-state index is 12.0. The molecule has 1 aromatic rings. The van der Waals surface area contributed by atoms with Crippen LogP contribution in [-0.4, -0.2) is 29.4 Å². The summed E-state index contributed by atoms with van der Waals surface area (Å²) in [6.45, 7) is 2.74. The maximum atomic E-state index is 12.0. The number of amides is 1. The quantitative estimate of drug-likeness (QED) is 0.840. The third kappa shape index (κ3) is 3.56. The Hall–Kier alpha value is -1.84. The Kier molecular flexibility index (Phi) is 4.55. The van der Waals surface area contributed by atoms with Crippen molar-refractivity contribution in [1.82, 2.24) is 4.90 Å². The van der Waals surface area contributed by atoms with Crippen molar-refractivity contribution in [2.24, 2.45) is 0 Å². The molecule has 1 aliphatic rings. The fraction of sp³-hybridized carbons (Fsp3) is 0.467. The van der Waals surface area contributed by atoms with Crippen molar-refractivity contribution < 1.29 is 14.3 Å². The molecule has 4 nitrogen and oxygen atoms in total. The molecule has 1 amide bonds. The number of rotatable bonds is 3. The Bertz CT molecular complexity index is 444. The van der Waals surface area contributed by atoms with Gasteiger partial charge in [0.15, 0.2) is 0 Å². The van der Waals surface area contributed by atoms with E-state index >= 15 is 0 Å². The van der Waals surface area contributed by atoms with Crippen molar-refractivity contribution in [1.29, 1.82) is 0 Å². The predicted molar refractivity (Wildman–Crippen MR) is 71.7 cm³/mol. The molecule has 4 heteroatoms. The molecule has 0 aromatic heterocycles. The van der Waals surface area contributed by atoms with Crippen molar-refractivity contribution >= 4 is 11.9 Å². The average Bonchev–Trinajstić information content (AvgIpc) is 2.45. The second kappa shape index (κ2) is 6.36. The minimum Gasteiger partial charge on any atom is -0.445 e. The first-order chi connectivity index (χ1) is 9.20.